The fourth-order valence-electron chi connectivity index (χ4n) is 5.03. The molecule has 0 saturated heterocycles. The predicted octanol–water partition coefficient (Wildman–Crippen LogP) is 4.32. The van der Waals surface area contributed by atoms with E-state index in [2.05, 4.69) is 20.5 Å². The summed E-state index contributed by atoms with van der Waals surface area (Å²) < 4.78 is 4.92. The van der Waals surface area contributed by atoms with Crippen LogP contribution in [0.4, 0.5) is 5.82 Å². The molecule has 0 aliphatic rings. The smallest absolute Gasteiger partial charge is 0.263 e. The second kappa shape index (κ2) is 10.2. The molecule has 10 nitrogen and oxygen atoms in total. The lowest BCUT2D eigenvalue weighted by Crippen LogP contribution is -2.32. The number of anilines is 1. The lowest BCUT2D eigenvalue weighted by molar-refractivity contribution is 0.0941. The van der Waals surface area contributed by atoms with Gasteiger partial charge < -0.3 is 11.1 Å². The van der Waals surface area contributed by atoms with Gasteiger partial charge >= 0.3 is 0 Å². The van der Waals surface area contributed by atoms with E-state index < -0.39 is 11.9 Å². The molecule has 10 heteroatoms. The number of nitrogen functional groups attached to an aromatic ring is 1. The SMILES string of the molecule is Cc1c(/C=C/c2cccc3cc([C@@H](C)NC(=O)c4c(N)nn5cccnc45)n(-c4ccccc4)c(=O)c23)cnn1C. The number of amides is 1. The monoisotopic (exact) mass is 544 g/mol. The molecule has 2 aromatic carbocycles. The van der Waals surface area contributed by atoms with Gasteiger partial charge in [0.25, 0.3) is 11.5 Å². The molecule has 1 amide bonds. The number of benzene rings is 2. The van der Waals surface area contributed by atoms with Gasteiger partial charge in [0.2, 0.25) is 0 Å². The van der Waals surface area contributed by atoms with Crippen molar-refractivity contribution >= 4 is 40.3 Å². The van der Waals surface area contributed by atoms with Gasteiger partial charge in [0.05, 0.1) is 17.6 Å². The molecule has 0 aliphatic carbocycles. The van der Waals surface area contributed by atoms with Gasteiger partial charge in [0.1, 0.15) is 5.56 Å². The molecule has 0 radical (unpaired) electrons. The van der Waals surface area contributed by atoms with Crippen LogP contribution in [0.2, 0.25) is 0 Å². The van der Waals surface area contributed by atoms with E-state index in [1.54, 1.807) is 29.2 Å². The van der Waals surface area contributed by atoms with Crippen molar-refractivity contribution in [3.63, 3.8) is 0 Å². The van der Waals surface area contributed by atoms with Crippen molar-refractivity contribution in [2.75, 3.05) is 5.73 Å². The van der Waals surface area contributed by atoms with Crippen molar-refractivity contribution in [2.45, 2.75) is 19.9 Å². The van der Waals surface area contributed by atoms with Crippen LogP contribution >= 0.6 is 0 Å². The lowest BCUT2D eigenvalue weighted by Gasteiger charge is -2.21. The first kappa shape index (κ1) is 25.8. The van der Waals surface area contributed by atoms with Crippen LogP contribution in [0.15, 0.2) is 84.0 Å². The van der Waals surface area contributed by atoms with E-state index in [0.717, 1.165) is 22.2 Å². The summed E-state index contributed by atoms with van der Waals surface area (Å²) in [5.74, 6) is -0.355. The summed E-state index contributed by atoms with van der Waals surface area (Å²) in [6.07, 6.45) is 8.96. The molecule has 6 rings (SSSR count). The maximum absolute atomic E-state index is 14.3. The van der Waals surface area contributed by atoms with Crippen LogP contribution in [0.5, 0.6) is 0 Å². The van der Waals surface area contributed by atoms with Crippen LogP contribution in [0, 0.1) is 6.92 Å². The second-order valence-corrected chi connectivity index (χ2v) is 9.84. The summed E-state index contributed by atoms with van der Waals surface area (Å²) in [5.41, 5.74) is 10.5. The van der Waals surface area contributed by atoms with Crippen molar-refractivity contribution in [3.8, 4) is 5.69 Å². The largest absolute Gasteiger partial charge is 0.381 e. The van der Waals surface area contributed by atoms with Crippen molar-refractivity contribution in [2.24, 2.45) is 7.05 Å². The number of aryl methyl sites for hydroxylation is 1. The molecule has 0 bridgehead atoms. The van der Waals surface area contributed by atoms with Gasteiger partial charge in [0.15, 0.2) is 11.5 Å². The summed E-state index contributed by atoms with van der Waals surface area (Å²) in [6.45, 7) is 3.83. The molecule has 4 heterocycles. The number of fused-ring (bicyclic) bond motifs is 2. The highest BCUT2D eigenvalue weighted by atomic mass is 16.2. The molecule has 4 aromatic heterocycles. The van der Waals surface area contributed by atoms with Crippen LogP contribution in [0.25, 0.3) is 34.3 Å². The molecule has 0 spiro atoms. The number of nitrogens with two attached hydrogens (primary N) is 1. The maximum atomic E-state index is 14.3. The van der Waals surface area contributed by atoms with Gasteiger partial charge in [0, 0.05) is 42.1 Å². The molecule has 41 heavy (non-hydrogen) atoms. The number of hydrogen-bond acceptors (Lipinski definition) is 6. The number of pyridine rings is 1. The van der Waals surface area contributed by atoms with Crippen LogP contribution in [0.3, 0.4) is 0 Å². The third-order valence-corrected chi connectivity index (χ3v) is 7.28. The molecule has 0 saturated carbocycles. The summed E-state index contributed by atoms with van der Waals surface area (Å²) in [4.78, 5) is 32.0. The molecule has 1 atom stereocenters. The number of para-hydroxylation sites is 1. The number of nitrogens with one attached hydrogen (secondary N) is 1. The highest BCUT2D eigenvalue weighted by Gasteiger charge is 2.24. The van der Waals surface area contributed by atoms with Crippen LogP contribution < -0.4 is 16.6 Å². The Labute approximate surface area is 235 Å². The van der Waals surface area contributed by atoms with E-state index in [1.165, 1.54) is 4.52 Å². The number of carbonyl (C=O) groups is 1. The quantitative estimate of drug-likeness (QED) is 0.322. The predicted molar refractivity (Wildman–Crippen MR) is 160 cm³/mol. The van der Waals surface area contributed by atoms with E-state index in [4.69, 9.17) is 5.73 Å². The number of hydrogen-bond donors (Lipinski definition) is 2. The minimum Gasteiger partial charge on any atom is -0.381 e. The Morgan fingerprint density at radius 3 is 2.59 bits per heavy atom. The molecule has 3 N–H and O–H groups in total. The molecule has 0 fully saturated rings. The Morgan fingerprint density at radius 1 is 1.05 bits per heavy atom. The fourth-order valence-corrected chi connectivity index (χ4v) is 5.03. The van der Waals surface area contributed by atoms with Gasteiger partial charge in [-0.1, -0.05) is 48.6 Å². The Morgan fingerprint density at radius 2 is 1.83 bits per heavy atom. The number of carbonyl (C=O) groups excluding carboxylic acids is 1. The van der Waals surface area contributed by atoms with Gasteiger partial charge in [-0.3, -0.25) is 18.8 Å². The second-order valence-electron chi connectivity index (χ2n) is 9.84. The van der Waals surface area contributed by atoms with Gasteiger partial charge in [-0.2, -0.15) is 5.10 Å². The average Bonchev–Trinajstić information content (AvgIpc) is 3.49. The van der Waals surface area contributed by atoms with E-state index in [0.29, 0.717) is 22.4 Å². The van der Waals surface area contributed by atoms with Crippen molar-refractivity contribution < 1.29 is 4.79 Å². The third-order valence-electron chi connectivity index (χ3n) is 7.28. The number of nitrogens with zero attached hydrogens (tertiary/aromatic N) is 6. The van der Waals surface area contributed by atoms with Crippen molar-refractivity contribution in [1.82, 2.24) is 34.3 Å². The molecular weight excluding hydrogens is 516 g/mol. The zero-order valence-corrected chi connectivity index (χ0v) is 22.8. The van der Waals surface area contributed by atoms with E-state index in [9.17, 15) is 9.59 Å². The average molecular weight is 545 g/mol. The first-order valence-corrected chi connectivity index (χ1v) is 13.1. The first-order chi connectivity index (χ1) is 19.8. The third kappa shape index (κ3) is 4.55. The van der Waals surface area contributed by atoms with E-state index >= 15 is 0 Å². The topological polar surface area (TPSA) is 125 Å². The summed E-state index contributed by atoms with van der Waals surface area (Å²) in [7, 11) is 1.89. The van der Waals surface area contributed by atoms with Crippen molar-refractivity contribution in [1.29, 1.82) is 0 Å². The Kier molecular flexibility index (Phi) is 6.43. The Balaban J connectivity index is 1.47. The zero-order chi connectivity index (χ0) is 28.7. The molecule has 204 valence electrons. The summed E-state index contributed by atoms with van der Waals surface area (Å²) in [5, 5.41) is 12.8. The van der Waals surface area contributed by atoms with Crippen molar-refractivity contribution in [3.05, 3.63) is 118 Å². The van der Waals surface area contributed by atoms with Gasteiger partial charge in [-0.25, -0.2) is 9.50 Å². The minimum absolute atomic E-state index is 0.0765. The van der Waals surface area contributed by atoms with Crippen LogP contribution in [-0.2, 0) is 7.05 Å². The number of rotatable bonds is 6. The molecular formula is C31H28N8O2. The van der Waals surface area contributed by atoms with Gasteiger partial charge in [-0.15, -0.1) is 5.10 Å². The van der Waals surface area contributed by atoms with E-state index in [-0.39, 0.29) is 16.9 Å². The number of aromatic nitrogens is 6. The Hall–Kier alpha value is -5.51. The minimum atomic E-state index is -0.560. The van der Waals surface area contributed by atoms with Crippen LogP contribution in [0.1, 0.15) is 45.8 Å². The molecule has 6 aromatic rings. The first-order valence-electron chi connectivity index (χ1n) is 13.1. The normalized spacial score (nSPS) is 12.4. The van der Waals surface area contributed by atoms with Crippen LogP contribution in [-0.4, -0.2) is 34.9 Å². The van der Waals surface area contributed by atoms with Gasteiger partial charge in [-0.05, 0) is 49.1 Å². The molecule has 0 unspecified atom stereocenters. The zero-order valence-electron chi connectivity index (χ0n) is 22.8. The molecule has 0 aliphatic heterocycles. The summed E-state index contributed by atoms with van der Waals surface area (Å²) in [6, 6.07) is 18.2. The highest BCUT2D eigenvalue weighted by molar-refractivity contribution is 6.04. The Bertz CT molecular complexity index is 2020. The fraction of sp³-hybridized carbons (Fsp3) is 0.129. The summed E-state index contributed by atoms with van der Waals surface area (Å²) >= 11 is 0. The van der Waals surface area contributed by atoms with E-state index in [1.807, 2.05) is 92.3 Å². The highest BCUT2D eigenvalue weighted by Crippen LogP contribution is 2.26. The maximum Gasteiger partial charge on any atom is 0.263 e. The lowest BCUT2D eigenvalue weighted by atomic mass is 10.0. The standard InChI is InChI=1S/C31H28N8O2/c1-19(35-30(40)27-28(32)36-38-16-8-15-33-29(27)38)25-17-22-10-7-9-21(13-14-23-18-34-37(3)20(23)2)26(22)31(41)39(25)24-11-5-4-6-12-24/h4-19H,1-3H3,(H2,32,36)(H,35,40)/b14-13+/t19-/m1/s1.